The summed E-state index contributed by atoms with van der Waals surface area (Å²) in [7, 11) is 0. The molecule has 3 aliphatic carbocycles. The van der Waals surface area contributed by atoms with E-state index in [0.29, 0.717) is 0 Å². The van der Waals surface area contributed by atoms with Gasteiger partial charge in [0.15, 0.2) is 0 Å². The van der Waals surface area contributed by atoms with Crippen LogP contribution < -0.4 is 9.80 Å². The molecule has 0 N–H and O–H groups in total. The van der Waals surface area contributed by atoms with E-state index in [1.165, 1.54) is 109 Å². The lowest BCUT2D eigenvalue weighted by Gasteiger charge is -2.33. The highest BCUT2D eigenvalue weighted by atomic mass is 15.1. The second kappa shape index (κ2) is 10.5. The largest absolute Gasteiger partial charge is 0.310 e. The van der Waals surface area contributed by atoms with Crippen molar-refractivity contribution in [3.63, 3.8) is 0 Å². The first-order valence-corrected chi connectivity index (χ1v) is 17.1. The van der Waals surface area contributed by atoms with Gasteiger partial charge in [-0.1, -0.05) is 74.0 Å². The first-order valence-electron chi connectivity index (χ1n) is 17.1. The van der Waals surface area contributed by atoms with Crippen LogP contribution in [0, 0.1) is 13.8 Å². The topological polar surface area (TPSA) is 6.48 Å². The number of hydrogen-bond acceptors (Lipinski definition) is 2. The van der Waals surface area contributed by atoms with Gasteiger partial charge >= 0.3 is 0 Å². The molecule has 6 aromatic carbocycles. The lowest BCUT2D eigenvalue weighted by atomic mass is 9.82. The van der Waals surface area contributed by atoms with Crippen molar-refractivity contribution < 1.29 is 0 Å². The molecule has 47 heavy (non-hydrogen) atoms. The van der Waals surface area contributed by atoms with Crippen LogP contribution in [-0.2, 0) is 31.1 Å². The number of anilines is 6. The van der Waals surface area contributed by atoms with Crippen molar-refractivity contribution in [3.05, 3.63) is 166 Å². The van der Waals surface area contributed by atoms with Crippen molar-refractivity contribution in [1.29, 1.82) is 0 Å². The first-order chi connectivity index (χ1) is 22.8. The third kappa shape index (κ3) is 4.46. The molecule has 0 saturated carbocycles. The maximum atomic E-state index is 2.48. The molecule has 0 bridgehead atoms. The summed E-state index contributed by atoms with van der Waals surface area (Å²) >= 11 is 0. The van der Waals surface area contributed by atoms with E-state index < -0.39 is 0 Å². The number of rotatable bonds is 6. The van der Waals surface area contributed by atoms with Gasteiger partial charge in [0, 0.05) is 39.5 Å². The lowest BCUT2D eigenvalue weighted by molar-refractivity contribution is 0.660. The summed E-state index contributed by atoms with van der Waals surface area (Å²) in [5.74, 6) is 0. The summed E-state index contributed by atoms with van der Waals surface area (Å²) in [4.78, 5) is 4.93. The van der Waals surface area contributed by atoms with E-state index in [1.807, 2.05) is 0 Å². The van der Waals surface area contributed by atoms with Crippen molar-refractivity contribution in [2.75, 3.05) is 9.80 Å². The fourth-order valence-corrected chi connectivity index (χ4v) is 8.08. The van der Waals surface area contributed by atoms with Gasteiger partial charge in [0.2, 0.25) is 0 Å². The Morgan fingerprint density at radius 1 is 0.447 bits per heavy atom. The maximum Gasteiger partial charge on any atom is 0.0496 e. The van der Waals surface area contributed by atoms with Gasteiger partial charge < -0.3 is 9.80 Å². The van der Waals surface area contributed by atoms with E-state index >= 15 is 0 Å². The minimum absolute atomic E-state index is 0.157. The van der Waals surface area contributed by atoms with E-state index in [-0.39, 0.29) is 5.41 Å². The summed E-state index contributed by atoms with van der Waals surface area (Å²) < 4.78 is 0. The third-order valence-electron chi connectivity index (χ3n) is 11.0. The van der Waals surface area contributed by atoms with Gasteiger partial charge in [-0.05, 0) is 156 Å². The minimum atomic E-state index is -0.157. The second-order valence-electron chi connectivity index (χ2n) is 14.3. The zero-order chi connectivity index (χ0) is 31.9. The number of benzene rings is 6. The van der Waals surface area contributed by atoms with E-state index in [1.54, 1.807) is 0 Å². The van der Waals surface area contributed by atoms with Gasteiger partial charge in [0.1, 0.15) is 0 Å². The van der Waals surface area contributed by atoms with Gasteiger partial charge in [-0.3, -0.25) is 0 Å². The van der Waals surface area contributed by atoms with Gasteiger partial charge in [-0.2, -0.15) is 0 Å². The molecule has 2 nitrogen and oxygen atoms in total. The molecule has 230 valence electrons. The Bertz CT molecular complexity index is 2200. The average molecular weight is 609 g/mol. The molecule has 2 heteroatoms. The Hall–Kier alpha value is -5.08. The summed E-state index contributed by atoms with van der Waals surface area (Å²) in [6, 6.07) is 46.0. The molecule has 0 aliphatic heterocycles. The predicted octanol–water partition coefficient (Wildman–Crippen LogP) is 11.7. The molecule has 0 heterocycles. The van der Waals surface area contributed by atoms with Crippen molar-refractivity contribution >= 4 is 34.1 Å². The van der Waals surface area contributed by atoms with Crippen LogP contribution in [0.2, 0.25) is 0 Å². The molecule has 0 unspecified atom stereocenters. The molecule has 0 radical (unpaired) electrons. The molecule has 0 fully saturated rings. The van der Waals surface area contributed by atoms with Crippen LogP contribution in [0.15, 0.2) is 121 Å². The van der Waals surface area contributed by atoms with Crippen LogP contribution in [-0.4, -0.2) is 0 Å². The summed E-state index contributed by atoms with van der Waals surface area (Å²) in [6.07, 6.45) is 4.68. The SMILES string of the molecule is Cc1ccc(N(c2ccc3c(c2)C(C)(C)c2cc(N(c4cccc(C)c4)c4ccc5c(c4)CC5)ccc2-3)c2cccc3c2CC3)cc1. The zero-order valence-corrected chi connectivity index (χ0v) is 27.8. The van der Waals surface area contributed by atoms with E-state index in [9.17, 15) is 0 Å². The molecular weight excluding hydrogens is 569 g/mol. The van der Waals surface area contributed by atoms with Crippen molar-refractivity contribution in [2.45, 2.75) is 58.8 Å². The van der Waals surface area contributed by atoms with Gasteiger partial charge in [-0.15, -0.1) is 0 Å². The highest BCUT2D eigenvalue weighted by molar-refractivity contribution is 5.89. The summed E-state index contributed by atoms with van der Waals surface area (Å²) in [6.45, 7) is 9.15. The van der Waals surface area contributed by atoms with Gasteiger partial charge in [0.05, 0.1) is 0 Å². The second-order valence-corrected chi connectivity index (χ2v) is 14.3. The fourth-order valence-electron chi connectivity index (χ4n) is 8.08. The molecule has 6 aromatic rings. The van der Waals surface area contributed by atoms with E-state index in [0.717, 1.165) is 6.42 Å². The molecule has 9 rings (SSSR count). The normalized spacial score (nSPS) is 14.6. The lowest BCUT2D eigenvalue weighted by Crippen LogP contribution is -2.20. The highest BCUT2D eigenvalue weighted by Gasteiger charge is 2.37. The Labute approximate surface area is 279 Å². The fraction of sp³-hybridized carbons (Fsp3) is 0.200. The van der Waals surface area contributed by atoms with Crippen LogP contribution in [0.5, 0.6) is 0 Å². The van der Waals surface area contributed by atoms with E-state index in [2.05, 4.69) is 159 Å². The smallest absolute Gasteiger partial charge is 0.0496 e. The average Bonchev–Trinajstić information content (AvgIpc) is 3.26. The molecular formula is C45H40N2. The van der Waals surface area contributed by atoms with Crippen LogP contribution in [0.3, 0.4) is 0 Å². The zero-order valence-electron chi connectivity index (χ0n) is 27.8. The Morgan fingerprint density at radius 2 is 1.04 bits per heavy atom. The van der Waals surface area contributed by atoms with Gasteiger partial charge in [-0.25, -0.2) is 0 Å². The Morgan fingerprint density at radius 3 is 1.68 bits per heavy atom. The Balaban J connectivity index is 1.16. The van der Waals surface area contributed by atoms with Crippen LogP contribution in [0.4, 0.5) is 34.1 Å². The van der Waals surface area contributed by atoms with Gasteiger partial charge in [0.25, 0.3) is 0 Å². The molecule has 0 saturated heterocycles. The monoisotopic (exact) mass is 608 g/mol. The number of aryl methyl sites for hydroxylation is 5. The van der Waals surface area contributed by atoms with Crippen molar-refractivity contribution in [2.24, 2.45) is 0 Å². The molecule has 0 amide bonds. The molecule has 0 atom stereocenters. The predicted molar refractivity (Wildman–Crippen MR) is 198 cm³/mol. The number of hydrogen-bond donors (Lipinski definition) is 0. The molecule has 0 spiro atoms. The molecule has 3 aliphatic rings. The van der Waals surface area contributed by atoms with Crippen molar-refractivity contribution in [1.82, 2.24) is 0 Å². The quantitative estimate of drug-likeness (QED) is 0.186. The highest BCUT2D eigenvalue weighted by Crippen LogP contribution is 2.53. The minimum Gasteiger partial charge on any atom is -0.310 e. The van der Waals surface area contributed by atoms with E-state index in [4.69, 9.17) is 0 Å². The third-order valence-corrected chi connectivity index (χ3v) is 11.0. The standard InChI is InChI=1S/C45H40N2/c1-29-11-17-34(18-12-29)47(44-10-6-8-32-16-22-39(32)44)38-21-24-41-40-23-20-37(27-42(40)45(3,4)43(41)28-38)46(35-9-5-7-30(2)25-35)36-19-15-31-13-14-33(31)26-36/h5-12,15,17-21,23-28H,13-14,16,22H2,1-4H3. The van der Waals surface area contributed by atoms with Crippen LogP contribution in [0.25, 0.3) is 11.1 Å². The first kappa shape index (κ1) is 28.2. The number of fused-ring (bicyclic) bond motifs is 5. The van der Waals surface area contributed by atoms with Crippen molar-refractivity contribution in [3.8, 4) is 11.1 Å². The summed E-state index contributed by atoms with van der Waals surface area (Å²) in [5.41, 5.74) is 21.1. The van der Waals surface area contributed by atoms with Crippen LogP contribution >= 0.6 is 0 Å². The number of nitrogens with zero attached hydrogens (tertiary/aromatic N) is 2. The Kier molecular flexibility index (Phi) is 6.27. The summed E-state index contributed by atoms with van der Waals surface area (Å²) in [5, 5.41) is 0. The maximum absolute atomic E-state index is 2.48. The van der Waals surface area contributed by atoms with Crippen LogP contribution in [0.1, 0.15) is 58.4 Å². The molecule has 0 aromatic heterocycles.